The summed E-state index contributed by atoms with van der Waals surface area (Å²) < 4.78 is 27.1. The average Bonchev–Trinajstić information content (AvgIpc) is 3.16. The SMILES string of the molecule is CCc1cc(OC)cc(OCC(N)=O)c1-c1nc2ccc(F)cn2c1Nc1c(C)cccc1Cl. The van der Waals surface area contributed by atoms with Crippen molar-refractivity contribution in [3.63, 3.8) is 0 Å². The largest absolute Gasteiger partial charge is 0.497 e. The zero-order chi connectivity index (χ0) is 24.4. The summed E-state index contributed by atoms with van der Waals surface area (Å²) in [4.78, 5) is 16.3. The molecule has 2 aromatic carbocycles. The lowest BCUT2D eigenvalue weighted by atomic mass is 10.00. The minimum absolute atomic E-state index is 0.322. The number of nitrogens with two attached hydrogens (primary N) is 1. The van der Waals surface area contributed by atoms with Crippen LogP contribution in [0.5, 0.6) is 11.5 Å². The van der Waals surface area contributed by atoms with Gasteiger partial charge in [0.2, 0.25) is 0 Å². The maximum absolute atomic E-state index is 14.3. The molecule has 176 valence electrons. The van der Waals surface area contributed by atoms with Gasteiger partial charge in [-0.15, -0.1) is 0 Å². The summed E-state index contributed by atoms with van der Waals surface area (Å²) in [7, 11) is 1.55. The molecule has 2 heterocycles. The molecule has 0 fully saturated rings. The Labute approximate surface area is 201 Å². The Balaban J connectivity index is 2.01. The Bertz CT molecular complexity index is 1370. The molecular weight excluding hydrogens is 459 g/mol. The van der Waals surface area contributed by atoms with Crippen LogP contribution < -0.4 is 20.5 Å². The Hall–Kier alpha value is -3.78. The molecule has 0 unspecified atom stereocenters. The van der Waals surface area contributed by atoms with Crippen LogP contribution in [0.4, 0.5) is 15.9 Å². The predicted molar refractivity (Wildman–Crippen MR) is 131 cm³/mol. The number of pyridine rings is 1. The second-order valence-corrected chi connectivity index (χ2v) is 8.12. The number of aromatic nitrogens is 2. The van der Waals surface area contributed by atoms with Crippen LogP contribution in [0.3, 0.4) is 0 Å². The highest BCUT2D eigenvalue weighted by Crippen LogP contribution is 2.42. The lowest BCUT2D eigenvalue weighted by molar-refractivity contribution is -0.119. The van der Waals surface area contributed by atoms with Gasteiger partial charge in [0, 0.05) is 17.8 Å². The summed E-state index contributed by atoms with van der Waals surface area (Å²) in [6, 6.07) is 12.0. The molecule has 0 aliphatic carbocycles. The van der Waals surface area contributed by atoms with Gasteiger partial charge in [0.25, 0.3) is 5.91 Å². The number of nitrogens with zero attached hydrogens (tertiary/aromatic N) is 2. The molecule has 0 aliphatic heterocycles. The summed E-state index contributed by atoms with van der Waals surface area (Å²) in [5.74, 6) is 0.388. The van der Waals surface area contributed by atoms with E-state index in [2.05, 4.69) is 5.32 Å². The van der Waals surface area contributed by atoms with Gasteiger partial charge >= 0.3 is 0 Å². The normalized spacial score (nSPS) is 11.0. The molecule has 4 rings (SSSR count). The first-order valence-corrected chi connectivity index (χ1v) is 11.0. The number of aryl methyl sites for hydroxylation is 2. The van der Waals surface area contributed by atoms with Crippen LogP contribution in [0.25, 0.3) is 16.9 Å². The van der Waals surface area contributed by atoms with Crippen LogP contribution in [-0.4, -0.2) is 29.0 Å². The van der Waals surface area contributed by atoms with Crippen molar-refractivity contribution in [1.29, 1.82) is 0 Å². The van der Waals surface area contributed by atoms with Gasteiger partial charge in [0.05, 0.1) is 17.8 Å². The average molecular weight is 483 g/mol. The highest BCUT2D eigenvalue weighted by Gasteiger charge is 2.23. The number of rotatable bonds is 8. The number of halogens is 2. The Morgan fingerprint density at radius 1 is 1.26 bits per heavy atom. The van der Waals surface area contributed by atoms with Gasteiger partial charge in [0.1, 0.15) is 34.5 Å². The molecule has 0 atom stereocenters. The van der Waals surface area contributed by atoms with E-state index in [4.69, 9.17) is 31.8 Å². The maximum Gasteiger partial charge on any atom is 0.255 e. The first-order chi connectivity index (χ1) is 16.3. The third-order valence-electron chi connectivity index (χ3n) is 5.43. The second kappa shape index (κ2) is 9.61. The van der Waals surface area contributed by atoms with E-state index < -0.39 is 11.7 Å². The second-order valence-electron chi connectivity index (χ2n) is 7.71. The number of ether oxygens (including phenoxy) is 2. The third kappa shape index (κ3) is 4.49. The summed E-state index contributed by atoms with van der Waals surface area (Å²) in [6.07, 6.45) is 1.96. The van der Waals surface area contributed by atoms with Gasteiger partial charge in [-0.25, -0.2) is 9.37 Å². The van der Waals surface area contributed by atoms with Gasteiger partial charge in [-0.1, -0.05) is 30.7 Å². The number of nitrogens with one attached hydrogen (secondary N) is 1. The quantitative estimate of drug-likeness (QED) is 0.356. The molecular formula is C25H24ClFN4O3. The molecule has 9 heteroatoms. The summed E-state index contributed by atoms with van der Waals surface area (Å²) in [5.41, 5.74) is 9.42. The van der Waals surface area contributed by atoms with Crippen molar-refractivity contribution >= 4 is 34.7 Å². The van der Waals surface area contributed by atoms with Gasteiger partial charge in [-0.05, 0) is 48.7 Å². The van der Waals surface area contributed by atoms with Crippen molar-refractivity contribution in [3.8, 4) is 22.8 Å². The number of hydrogen-bond donors (Lipinski definition) is 2. The van der Waals surface area contributed by atoms with E-state index in [1.807, 2.05) is 32.0 Å². The van der Waals surface area contributed by atoms with Gasteiger partial charge in [-0.3, -0.25) is 9.20 Å². The highest BCUT2D eigenvalue weighted by molar-refractivity contribution is 6.33. The van der Waals surface area contributed by atoms with E-state index in [1.54, 1.807) is 29.7 Å². The van der Waals surface area contributed by atoms with Crippen LogP contribution in [0.15, 0.2) is 48.7 Å². The van der Waals surface area contributed by atoms with E-state index in [0.29, 0.717) is 51.4 Å². The molecule has 0 spiro atoms. The number of carbonyl (C=O) groups excluding carboxylic acids is 1. The third-order valence-corrected chi connectivity index (χ3v) is 5.74. The predicted octanol–water partition coefficient (Wildman–Crippen LogP) is 5.28. The molecule has 4 aromatic rings. The zero-order valence-electron chi connectivity index (χ0n) is 19.0. The van der Waals surface area contributed by atoms with Gasteiger partial charge in [-0.2, -0.15) is 0 Å². The monoisotopic (exact) mass is 482 g/mol. The molecule has 1 amide bonds. The van der Waals surface area contributed by atoms with Crippen LogP contribution >= 0.6 is 11.6 Å². The number of hydrogen-bond acceptors (Lipinski definition) is 5. The number of benzene rings is 2. The van der Waals surface area contributed by atoms with E-state index in [1.165, 1.54) is 12.3 Å². The fourth-order valence-corrected chi connectivity index (χ4v) is 4.06. The minimum Gasteiger partial charge on any atom is -0.497 e. The van der Waals surface area contributed by atoms with Crippen LogP contribution in [0.2, 0.25) is 5.02 Å². The van der Waals surface area contributed by atoms with E-state index >= 15 is 0 Å². The topological polar surface area (TPSA) is 90.9 Å². The molecule has 0 saturated carbocycles. The smallest absolute Gasteiger partial charge is 0.255 e. The molecule has 2 aromatic heterocycles. The maximum atomic E-state index is 14.3. The molecule has 0 bridgehead atoms. The van der Waals surface area contributed by atoms with Crippen LogP contribution in [0.1, 0.15) is 18.1 Å². The molecule has 0 saturated heterocycles. The molecule has 0 radical (unpaired) electrons. The van der Waals surface area contributed by atoms with Crippen molar-refractivity contribution in [2.24, 2.45) is 5.73 Å². The summed E-state index contributed by atoms with van der Waals surface area (Å²) >= 11 is 6.48. The standard InChI is InChI=1S/C25H24ClFN4O3/c1-4-15-10-17(33-3)11-19(34-13-20(28)32)22(15)24-25(30-23-14(2)6-5-7-18(23)26)31-12-16(27)8-9-21(31)29-24/h5-12,30H,4,13H2,1-3H3,(H2,28,32). The number of anilines is 2. The van der Waals surface area contributed by atoms with E-state index in [-0.39, 0.29) is 6.61 Å². The highest BCUT2D eigenvalue weighted by atomic mass is 35.5. The Morgan fingerprint density at radius 2 is 2.06 bits per heavy atom. The van der Waals surface area contributed by atoms with Crippen molar-refractivity contribution < 1.29 is 18.7 Å². The first kappa shape index (κ1) is 23.4. The van der Waals surface area contributed by atoms with Crippen molar-refractivity contribution in [1.82, 2.24) is 9.38 Å². The van der Waals surface area contributed by atoms with Gasteiger partial charge in [0.15, 0.2) is 6.61 Å². The number of methoxy groups -OCH3 is 1. The molecule has 3 N–H and O–H groups in total. The van der Waals surface area contributed by atoms with E-state index in [0.717, 1.165) is 11.1 Å². The molecule has 7 nitrogen and oxygen atoms in total. The first-order valence-electron chi connectivity index (χ1n) is 10.6. The van der Waals surface area contributed by atoms with Crippen LogP contribution in [-0.2, 0) is 11.2 Å². The fraction of sp³-hybridized carbons (Fsp3) is 0.200. The fourth-order valence-electron chi connectivity index (χ4n) is 3.79. The summed E-state index contributed by atoms with van der Waals surface area (Å²) in [6.45, 7) is 3.58. The number of amides is 1. The number of primary amides is 1. The number of carbonyl (C=O) groups is 1. The Morgan fingerprint density at radius 3 is 2.74 bits per heavy atom. The lowest BCUT2D eigenvalue weighted by Crippen LogP contribution is -2.20. The van der Waals surface area contributed by atoms with E-state index in [9.17, 15) is 9.18 Å². The molecule has 34 heavy (non-hydrogen) atoms. The number of fused-ring (bicyclic) bond motifs is 1. The number of imidazole rings is 1. The number of para-hydroxylation sites is 1. The minimum atomic E-state index is -0.617. The molecule has 0 aliphatic rings. The lowest BCUT2D eigenvalue weighted by Gasteiger charge is -2.18. The summed E-state index contributed by atoms with van der Waals surface area (Å²) in [5, 5.41) is 3.86. The zero-order valence-corrected chi connectivity index (χ0v) is 19.7. The van der Waals surface area contributed by atoms with Crippen molar-refractivity contribution in [3.05, 3.63) is 70.6 Å². The van der Waals surface area contributed by atoms with Crippen molar-refractivity contribution in [2.75, 3.05) is 19.0 Å². The van der Waals surface area contributed by atoms with Crippen molar-refractivity contribution in [2.45, 2.75) is 20.3 Å². The Kier molecular flexibility index (Phi) is 6.61. The van der Waals surface area contributed by atoms with Gasteiger partial charge < -0.3 is 20.5 Å². The van der Waals surface area contributed by atoms with Crippen LogP contribution in [0, 0.1) is 12.7 Å².